The fraction of sp³-hybridized carbons (Fsp3) is 0.519. The first-order valence-electron chi connectivity index (χ1n) is 13.6. The van der Waals surface area contributed by atoms with E-state index < -0.39 is 60.2 Å². The molecule has 0 radical (unpaired) electrons. The van der Waals surface area contributed by atoms with E-state index in [1.807, 2.05) is 24.3 Å². The van der Waals surface area contributed by atoms with Gasteiger partial charge in [0.25, 0.3) is 0 Å². The standard InChI is InChI=1S/C27H41N7O7/c28-11-5-3-8-18(30)24(37)33-21(13-16-15-31-19-9-2-1-7-17(16)19)26(39)32-20(10-4-6-12-29)25(38)34-22(27(40)41)14-23(35)36/h1-2,7,9,15,18,20-22,31H,3-6,8,10-14,28-30H2,(H,32,39)(H,33,37)(H,34,38)(H,35,36)(H,40,41). The van der Waals surface area contributed by atoms with Gasteiger partial charge in [-0.25, -0.2) is 4.79 Å². The Morgan fingerprint density at radius 3 is 2.00 bits per heavy atom. The van der Waals surface area contributed by atoms with Crippen LogP contribution in [0.2, 0.25) is 0 Å². The Balaban J connectivity index is 2.28. The Morgan fingerprint density at radius 2 is 1.37 bits per heavy atom. The molecule has 0 aliphatic rings. The Bertz CT molecular complexity index is 1190. The Hall–Kier alpha value is -4.01. The zero-order valence-corrected chi connectivity index (χ0v) is 22.9. The molecule has 0 bridgehead atoms. The fourth-order valence-corrected chi connectivity index (χ4v) is 4.33. The molecular weight excluding hydrogens is 534 g/mol. The molecular formula is C27H41N7O7. The van der Waals surface area contributed by atoms with Gasteiger partial charge < -0.3 is 48.3 Å². The lowest BCUT2D eigenvalue weighted by Crippen LogP contribution is -2.57. The molecule has 14 nitrogen and oxygen atoms in total. The van der Waals surface area contributed by atoms with E-state index in [9.17, 15) is 29.1 Å². The van der Waals surface area contributed by atoms with Crippen LogP contribution in [0.1, 0.15) is 50.5 Å². The summed E-state index contributed by atoms with van der Waals surface area (Å²) in [5.41, 5.74) is 18.7. The van der Waals surface area contributed by atoms with Gasteiger partial charge in [-0.3, -0.25) is 19.2 Å². The maximum atomic E-state index is 13.6. The number of aromatic amines is 1. The molecule has 2 rings (SSSR count). The molecule has 12 N–H and O–H groups in total. The van der Waals surface area contributed by atoms with Crippen LogP contribution in [0.3, 0.4) is 0 Å². The topological polar surface area (TPSA) is 256 Å². The Kier molecular flexibility index (Phi) is 13.7. The van der Waals surface area contributed by atoms with Gasteiger partial charge in [0, 0.05) is 23.5 Å². The largest absolute Gasteiger partial charge is 0.481 e. The molecule has 41 heavy (non-hydrogen) atoms. The highest BCUT2D eigenvalue weighted by Crippen LogP contribution is 2.19. The second kappa shape index (κ2) is 16.9. The summed E-state index contributed by atoms with van der Waals surface area (Å²) in [5, 5.41) is 26.7. The smallest absolute Gasteiger partial charge is 0.326 e. The number of hydrogen-bond acceptors (Lipinski definition) is 8. The van der Waals surface area contributed by atoms with Crippen molar-refractivity contribution in [1.29, 1.82) is 0 Å². The lowest BCUT2D eigenvalue weighted by atomic mass is 10.0. The number of carbonyl (C=O) groups excluding carboxylic acids is 3. The Morgan fingerprint density at radius 1 is 0.780 bits per heavy atom. The van der Waals surface area contributed by atoms with Crippen molar-refractivity contribution in [2.45, 2.75) is 75.5 Å². The van der Waals surface area contributed by atoms with Gasteiger partial charge in [0.05, 0.1) is 12.5 Å². The molecule has 4 unspecified atom stereocenters. The van der Waals surface area contributed by atoms with Crippen LogP contribution in [0.25, 0.3) is 10.9 Å². The van der Waals surface area contributed by atoms with E-state index in [-0.39, 0.29) is 12.8 Å². The Labute approximate surface area is 237 Å². The average Bonchev–Trinajstić information content (AvgIpc) is 3.34. The summed E-state index contributed by atoms with van der Waals surface area (Å²) in [7, 11) is 0. The van der Waals surface area contributed by atoms with Crippen molar-refractivity contribution in [2.75, 3.05) is 13.1 Å². The number of nitrogens with two attached hydrogens (primary N) is 3. The predicted molar refractivity (Wildman–Crippen MR) is 151 cm³/mol. The van der Waals surface area contributed by atoms with Crippen LogP contribution >= 0.6 is 0 Å². The van der Waals surface area contributed by atoms with E-state index in [1.165, 1.54) is 0 Å². The zero-order chi connectivity index (χ0) is 30.4. The summed E-state index contributed by atoms with van der Waals surface area (Å²) < 4.78 is 0. The van der Waals surface area contributed by atoms with Crippen LogP contribution < -0.4 is 33.2 Å². The molecule has 0 aliphatic heterocycles. The summed E-state index contributed by atoms with van der Waals surface area (Å²) in [6.45, 7) is 0.795. The van der Waals surface area contributed by atoms with Crippen molar-refractivity contribution < 1.29 is 34.2 Å². The maximum Gasteiger partial charge on any atom is 0.326 e. The summed E-state index contributed by atoms with van der Waals surface area (Å²) in [4.78, 5) is 65.2. The summed E-state index contributed by atoms with van der Waals surface area (Å²) >= 11 is 0. The van der Waals surface area contributed by atoms with E-state index in [0.29, 0.717) is 45.2 Å². The molecule has 0 saturated carbocycles. The quantitative estimate of drug-likeness (QED) is 0.0952. The lowest BCUT2D eigenvalue weighted by molar-refractivity contribution is -0.147. The number of benzene rings is 1. The van der Waals surface area contributed by atoms with Gasteiger partial charge in [0.1, 0.15) is 18.1 Å². The van der Waals surface area contributed by atoms with E-state index in [1.54, 1.807) is 6.20 Å². The van der Waals surface area contributed by atoms with Crippen molar-refractivity contribution in [3.05, 3.63) is 36.0 Å². The van der Waals surface area contributed by atoms with Gasteiger partial charge in [-0.15, -0.1) is 0 Å². The first kappa shape index (κ1) is 33.2. The number of rotatable bonds is 19. The van der Waals surface area contributed by atoms with Gasteiger partial charge >= 0.3 is 11.9 Å². The molecule has 3 amide bonds. The van der Waals surface area contributed by atoms with Crippen LogP contribution in [-0.4, -0.2) is 82.1 Å². The maximum absolute atomic E-state index is 13.6. The molecule has 1 aromatic carbocycles. The third-order valence-electron chi connectivity index (χ3n) is 6.61. The second-order valence-electron chi connectivity index (χ2n) is 9.86. The molecule has 0 fully saturated rings. The third kappa shape index (κ3) is 10.8. The highest BCUT2D eigenvalue weighted by Gasteiger charge is 2.31. The van der Waals surface area contributed by atoms with Gasteiger partial charge in [-0.2, -0.15) is 0 Å². The number of carboxylic acids is 2. The number of carbonyl (C=O) groups is 5. The summed E-state index contributed by atoms with van der Waals surface area (Å²) in [5.74, 6) is -5.03. The number of unbranched alkanes of at least 4 members (excludes halogenated alkanes) is 2. The normalized spacial score (nSPS) is 14.0. The average molecular weight is 576 g/mol. The SMILES string of the molecule is NCCCCC(N)C(=O)NC(Cc1c[nH]c2ccccc12)C(=O)NC(CCCCN)C(=O)NC(CC(=O)O)C(=O)O. The van der Waals surface area contributed by atoms with Crippen LogP contribution in [0, 0.1) is 0 Å². The molecule has 4 atom stereocenters. The highest BCUT2D eigenvalue weighted by molar-refractivity contribution is 5.95. The molecule has 2 aromatic rings. The molecule has 226 valence electrons. The number of amides is 3. The number of aromatic nitrogens is 1. The number of hydrogen-bond donors (Lipinski definition) is 9. The van der Waals surface area contributed by atoms with Crippen molar-refractivity contribution >= 4 is 40.6 Å². The summed E-state index contributed by atoms with van der Waals surface area (Å²) in [6.07, 6.45) is 3.73. The van der Waals surface area contributed by atoms with Gasteiger partial charge in [-0.05, 0) is 56.8 Å². The van der Waals surface area contributed by atoms with Crippen molar-refractivity contribution in [2.24, 2.45) is 17.2 Å². The summed E-state index contributed by atoms with van der Waals surface area (Å²) in [6, 6.07) is 2.54. The zero-order valence-electron chi connectivity index (χ0n) is 22.9. The van der Waals surface area contributed by atoms with Crippen LogP contribution in [0.5, 0.6) is 0 Å². The molecule has 0 spiro atoms. The monoisotopic (exact) mass is 575 g/mol. The number of fused-ring (bicyclic) bond motifs is 1. The van der Waals surface area contributed by atoms with E-state index in [2.05, 4.69) is 20.9 Å². The minimum atomic E-state index is -1.69. The van der Waals surface area contributed by atoms with Crippen LogP contribution in [-0.2, 0) is 30.4 Å². The molecule has 14 heteroatoms. The molecule has 1 heterocycles. The van der Waals surface area contributed by atoms with Crippen LogP contribution in [0.4, 0.5) is 0 Å². The van der Waals surface area contributed by atoms with Crippen molar-refractivity contribution in [3.63, 3.8) is 0 Å². The van der Waals surface area contributed by atoms with Gasteiger partial charge in [0.15, 0.2) is 0 Å². The molecule has 1 aromatic heterocycles. The van der Waals surface area contributed by atoms with Crippen molar-refractivity contribution in [1.82, 2.24) is 20.9 Å². The number of para-hydroxylation sites is 1. The predicted octanol–water partition coefficient (Wildman–Crippen LogP) is -0.691. The van der Waals surface area contributed by atoms with Crippen LogP contribution in [0.15, 0.2) is 30.5 Å². The highest BCUT2D eigenvalue weighted by atomic mass is 16.4. The molecule has 0 saturated heterocycles. The van der Waals surface area contributed by atoms with Gasteiger partial charge in [-0.1, -0.05) is 24.6 Å². The second-order valence-corrected chi connectivity index (χ2v) is 9.86. The van der Waals surface area contributed by atoms with Gasteiger partial charge in [0.2, 0.25) is 17.7 Å². The molecule has 0 aliphatic carbocycles. The fourth-order valence-electron chi connectivity index (χ4n) is 4.33. The van der Waals surface area contributed by atoms with Crippen molar-refractivity contribution in [3.8, 4) is 0 Å². The number of carboxylic acid groups (broad SMARTS) is 2. The van der Waals surface area contributed by atoms with E-state index in [0.717, 1.165) is 16.5 Å². The third-order valence-corrected chi connectivity index (χ3v) is 6.61. The first-order valence-corrected chi connectivity index (χ1v) is 13.6. The minimum Gasteiger partial charge on any atom is -0.481 e. The number of nitrogens with one attached hydrogen (secondary N) is 4. The van der Waals surface area contributed by atoms with E-state index in [4.69, 9.17) is 22.3 Å². The van der Waals surface area contributed by atoms with E-state index >= 15 is 0 Å². The first-order chi connectivity index (χ1) is 19.6. The minimum absolute atomic E-state index is 0.0744. The number of H-pyrrole nitrogens is 1. The number of aliphatic carboxylic acids is 2. The lowest BCUT2D eigenvalue weighted by Gasteiger charge is -2.25.